The van der Waals surface area contributed by atoms with Crippen LogP contribution in [-0.2, 0) is 4.79 Å². The summed E-state index contributed by atoms with van der Waals surface area (Å²) in [6.45, 7) is 5.33. The Hall–Kier alpha value is -0.830. The summed E-state index contributed by atoms with van der Waals surface area (Å²) in [7, 11) is 0. The SMILES string of the molecule is CC(C)N1CC(CC=O)c2c(Br)cccc21. The van der Waals surface area contributed by atoms with Crippen molar-refractivity contribution in [2.24, 2.45) is 0 Å². The first-order valence-corrected chi connectivity index (χ1v) is 6.43. The molecule has 1 aromatic carbocycles. The minimum Gasteiger partial charge on any atom is -0.368 e. The van der Waals surface area contributed by atoms with E-state index < -0.39 is 0 Å². The van der Waals surface area contributed by atoms with Crippen LogP contribution in [0.2, 0.25) is 0 Å². The van der Waals surface area contributed by atoms with Crippen molar-refractivity contribution < 1.29 is 4.79 Å². The number of rotatable bonds is 3. The van der Waals surface area contributed by atoms with Gasteiger partial charge in [0.15, 0.2) is 0 Å². The summed E-state index contributed by atoms with van der Waals surface area (Å²) in [4.78, 5) is 13.1. The molecule has 0 radical (unpaired) electrons. The first kappa shape index (κ1) is 11.6. The highest BCUT2D eigenvalue weighted by molar-refractivity contribution is 9.10. The fourth-order valence-corrected chi connectivity index (χ4v) is 3.08. The number of hydrogen-bond donors (Lipinski definition) is 0. The Morgan fingerprint density at radius 2 is 2.31 bits per heavy atom. The smallest absolute Gasteiger partial charge is 0.120 e. The largest absolute Gasteiger partial charge is 0.368 e. The summed E-state index contributed by atoms with van der Waals surface area (Å²) in [5.74, 6) is 0.338. The summed E-state index contributed by atoms with van der Waals surface area (Å²) in [5.41, 5.74) is 2.57. The Kier molecular flexibility index (Phi) is 3.33. The molecule has 0 N–H and O–H groups in total. The van der Waals surface area contributed by atoms with Crippen LogP contribution in [0.5, 0.6) is 0 Å². The fourth-order valence-electron chi connectivity index (χ4n) is 2.40. The molecule has 1 atom stereocenters. The van der Waals surface area contributed by atoms with Crippen LogP contribution in [0.1, 0.15) is 31.7 Å². The van der Waals surface area contributed by atoms with Gasteiger partial charge in [0.2, 0.25) is 0 Å². The maximum Gasteiger partial charge on any atom is 0.120 e. The molecule has 1 aromatic rings. The Bertz CT molecular complexity index is 403. The van der Waals surface area contributed by atoms with Crippen LogP contribution in [0.25, 0.3) is 0 Å². The van der Waals surface area contributed by atoms with Crippen molar-refractivity contribution in [2.45, 2.75) is 32.2 Å². The molecule has 3 heteroatoms. The molecular formula is C13H16BrNO. The number of benzene rings is 1. The van der Waals surface area contributed by atoms with E-state index >= 15 is 0 Å². The normalized spacial score (nSPS) is 19.0. The van der Waals surface area contributed by atoms with Crippen LogP contribution in [0.15, 0.2) is 22.7 Å². The number of nitrogens with zero attached hydrogens (tertiary/aromatic N) is 1. The number of aldehydes is 1. The first-order chi connectivity index (χ1) is 7.65. The standard InChI is InChI=1S/C13H16BrNO/c1-9(2)15-8-10(6-7-16)13-11(14)4-3-5-12(13)15/h3-5,7,9-10H,6,8H2,1-2H3. The van der Waals surface area contributed by atoms with Gasteiger partial charge in [0.1, 0.15) is 6.29 Å². The van der Waals surface area contributed by atoms with Gasteiger partial charge < -0.3 is 9.69 Å². The molecule has 0 saturated carbocycles. The molecule has 0 fully saturated rings. The zero-order valence-corrected chi connectivity index (χ0v) is 11.2. The summed E-state index contributed by atoms with van der Waals surface area (Å²) in [6.07, 6.45) is 1.64. The van der Waals surface area contributed by atoms with E-state index in [9.17, 15) is 4.79 Å². The summed E-state index contributed by atoms with van der Waals surface area (Å²) < 4.78 is 1.12. The zero-order chi connectivity index (χ0) is 11.7. The topological polar surface area (TPSA) is 20.3 Å². The number of carbonyl (C=O) groups excluding carboxylic acids is 1. The van der Waals surface area contributed by atoms with Crippen LogP contribution < -0.4 is 4.90 Å². The lowest BCUT2D eigenvalue weighted by molar-refractivity contribution is -0.108. The van der Waals surface area contributed by atoms with Gasteiger partial charge in [0.05, 0.1) is 0 Å². The van der Waals surface area contributed by atoms with Gasteiger partial charge in [-0.1, -0.05) is 22.0 Å². The molecule has 86 valence electrons. The summed E-state index contributed by atoms with van der Waals surface area (Å²) in [5, 5.41) is 0. The van der Waals surface area contributed by atoms with E-state index in [4.69, 9.17) is 0 Å². The fraction of sp³-hybridized carbons (Fsp3) is 0.462. The third-order valence-corrected chi connectivity index (χ3v) is 3.86. The number of fused-ring (bicyclic) bond motifs is 1. The van der Waals surface area contributed by atoms with E-state index in [0.717, 1.165) is 17.3 Å². The van der Waals surface area contributed by atoms with Crippen LogP contribution in [0.3, 0.4) is 0 Å². The molecule has 0 saturated heterocycles. The molecule has 1 aliphatic rings. The van der Waals surface area contributed by atoms with Crippen molar-refractivity contribution in [3.63, 3.8) is 0 Å². The van der Waals surface area contributed by atoms with E-state index in [0.29, 0.717) is 18.4 Å². The maximum absolute atomic E-state index is 10.7. The van der Waals surface area contributed by atoms with Gasteiger partial charge in [-0.2, -0.15) is 0 Å². The summed E-state index contributed by atoms with van der Waals surface area (Å²) in [6, 6.07) is 6.73. The molecule has 1 heterocycles. The Labute approximate surface area is 105 Å². The molecule has 0 bridgehead atoms. The lowest BCUT2D eigenvalue weighted by Gasteiger charge is -2.24. The van der Waals surface area contributed by atoms with E-state index in [-0.39, 0.29) is 0 Å². The molecule has 0 aliphatic carbocycles. The minimum atomic E-state index is 0.338. The van der Waals surface area contributed by atoms with Gasteiger partial charge in [-0.05, 0) is 31.5 Å². The quantitative estimate of drug-likeness (QED) is 0.792. The molecule has 0 amide bonds. The second-order valence-corrected chi connectivity index (χ2v) is 5.37. The highest BCUT2D eigenvalue weighted by atomic mass is 79.9. The minimum absolute atomic E-state index is 0.338. The molecule has 0 spiro atoms. The van der Waals surface area contributed by atoms with Gasteiger partial charge in [0.25, 0.3) is 0 Å². The van der Waals surface area contributed by atoms with Gasteiger partial charge in [-0.25, -0.2) is 0 Å². The van der Waals surface area contributed by atoms with Gasteiger partial charge in [-0.3, -0.25) is 0 Å². The van der Waals surface area contributed by atoms with Crippen molar-refractivity contribution in [1.82, 2.24) is 0 Å². The van der Waals surface area contributed by atoms with Gasteiger partial charge in [-0.15, -0.1) is 0 Å². The van der Waals surface area contributed by atoms with E-state index in [1.165, 1.54) is 11.3 Å². The van der Waals surface area contributed by atoms with Crippen molar-refractivity contribution in [3.8, 4) is 0 Å². The van der Waals surface area contributed by atoms with E-state index in [1.54, 1.807) is 0 Å². The van der Waals surface area contributed by atoms with Crippen LogP contribution >= 0.6 is 15.9 Å². The maximum atomic E-state index is 10.7. The molecule has 16 heavy (non-hydrogen) atoms. The number of halogens is 1. The monoisotopic (exact) mass is 281 g/mol. The second kappa shape index (κ2) is 4.58. The third-order valence-electron chi connectivity index (χ3n) is 3.17. The Balaban J connectivity index is 2.44. The molecule has 0 aromatic heterocycles. The van der Waals surface area contributed by atoms with Gasteiger partial charge >= 0.3 is 0 Å². The van der Waals surface area contributed by atoms with Crippen molar-refractivity contribution >= 4 is 27.9 Å². The Morgan fingerprint density at radius 3 is 2.94 bits per heavy atom. The molecule has 2 nitrogen and oxygen atoms in total. The Morgan fingerprint density at radius 1 is 1.56 bits per heavy atom. The van der Waals surface area contributed by atoms with E-state index in [2.05, 4.69) is 52.9 Å². The van der Waals surface area contributed by atoms with Crippen LogP contribution in [-0.4, -0.2) is 18.9 Å². The average Bonchev–Trinajstić information content (AvgIpc) is 2.59. The predicted octanol–water partition coefficient (Wildman–Crippen LogP) is 3.35. The number of anilines is 1. The number of hydrogen-bond acceptors (Lipinski definition) is 2. The number of carbonyl (C=O) groups is 1. The predicted molar refractivity (Wildman–Crippen MR) is 70.0 cm³/mol. The highest BCUT2D eigenvalue weighted by Gasteiger charge is 2.31. The van der Waals surface area contributed by atoms with E-state index in [1.807, 2.05) is 0 Å². The summed E-state index contributed by atoms with van der Waals surface area (Å²) >= 11 is 3.59. The van der Waals surface area contributed by atoms with Crippen LogP contribution in [0.4, 0.5) is 5.69 Å². The molecule has 1 unspecified atom stereocenters. The average molecular weight is 282 g/mol. The second-order valence-electron chi connectivity index (χ2n) is 4.52. The van der Waals surface area contributed by atoms with Crippen molar-refractivity contribution in [1.29, 1.82) is 0 Å². The molecule has 1 aliphatic heterocycles. The van der Waals surface area contributed by atoms with Gasteiger partial charge in [0, 0.05) is 35.1 Å². The van der Waals surface area contributed by atoms with Crippen molar-refractivity contribution in [3.05, 3.63) is 28.2 Å². The third kappa shape index (κ3) is 1.88. The van der Waals surface area contributed by atoms with Crippen LogP contribution in [0, 0.1) is 0 Å². The first-order valence-electron chi connectivity index (χ1n) is 5.63. The highest BCUT2D eigenvalue weighted by Crippen LogP contribution is 2.42. The lowest BCUT2D eigenvalue weighted by atomic mass is 9.99. The zero-order valence-electron chi connectivity index (χ0n) is 9.61. The lowest BCUT2D eigenvalue weighted by Crippen LogP contribution is -2.29. The van der Waals surface area contributed by atoms with Crippen molar-refractivity contribution in [2.75, 3.05) is 11.4 Å². The molecule has 2 rings (SSSR count). The molecular weight excluding hydrogens is 266 g/mol.